The standard InChI is InChI=1S/C17H20N2O2/c20-16-8-3-1-6-14(16)18-10-5-11-19(13-12-18)15-7-2-4-9-17(15)21/h1-4,6-9,20-21H,5,10-13H2. The Kier molecular flexibility index (Phi) is 3.86. The lowest BCUT2D eigenvalue weighted by atomic mass is 10.2. The summed E-state index contributed by atoms with van der Waals surface area (Å²) in [4.78, 5) is 4.41. The second-order valence-electron chi connectivity index (χ2n) is 5.31. The van der Waals surface area contributed by atoms with Crippen LogP contribution in [0.5, 0.6) is 11.5 Å². The molecule has 0 bridgehead atoms. The molecular weight excluding hydrogens is 264 g/mol. The van der Waals surface area contributed by atoms with Gasteiger partial charge in [0.15, 0.2) is 0 Å². The molecule has 1 fully saturated rings. The highest BCUT2D eigenvalue weighted by atomic mass is 16.3. The fraction of sp³-hybridized carbons (Fsp3) is 0.294. The molecule has 2 aromatic carbocycles. The Labute approximate surface area is 124 Å². The van der Waals surface area contributed by atoms with Gasteiger partial charge >= 0.3 is 0 Å². The maximum absolute atomic E-state index is 9.99. The molecule has 1 aliphatic rings. The third kappa shape index (κ3) is 2.89. The van der Waals surface area contributed by atoms with Gasteiger partial charge in [-0.25, -0.2) is 0 Å². The second kappa shape index (κ2) is 5.95. The Bertz CT molecular complexity index is 562. The summed E-state index contributed by atoms with van der Waals surface area (Å²) in [5.74, 6) is 0.655. The van der Waals surface area contributed by atoms with E-state index in [1.165, 1.54) is 0 Å². The predicted octanol–water partition coefficient (Wildman–Crippen LogP) is 2.81. The van der Waals surface area contributed by atoms with Crippen molar-refractivity contribution in [3.63, 3.8) is 0 Å². The van der Waals surface area contributed by atoms with E-state index in [0.29, 0.717) is 11.5 Å². The van der Waals surface area contributed by atoms with Gasteiger partial charge in [0.25, 0.3) is 0 Å². The van der Waals surface area contributed by atoms with Crippen molar-refractivity contribution in [2.75, 3.05) is 36.0 Å². The predicted molar refractivity (Wildman–Crippen MR) is 85.3 cm³/mol. The zero-order valence-corrected chi connectivity index (χ0v) is 11.9. The average Bonchev–Trinajstić information content (AvgIpc) is 2.74. The zero-order chi connectivity index (χ0) is 14.7. The maximum Gasteiger partial charge on any atom is 0.138 e. The van der Waals surface area contributed by atoms with Gasteiger partial charge < -0.3 is 20.0 Å². The van der Waals surface area contributed by atoms with E-state index in [4.69, 9.17) is 0 Å². The molecule has 0 amide bonds. The van der Waals surface area contributed by atoms with Gasteiger partial charge in [0.1, 0.15) is 11.5 Å². The van der Waals surface area contributed by atoms with Crippen molar-refractivity contribution in [3.05, 3.63) is 48.5 Å². The molecule has 21 heavy (non-hydrogen) atoms. The molecule has 110 valence electrons. The molecule has 2 N–H and O–H groups in total. The van der Waals surface area contributed by atoms with E-state index < -0.39 is 0 Å². The van der Waals surface area contributed by atoms with Gasteiger partial charge in [-0.2, -0.15) is 0 Å². The summed E-state index contributed by atoms with van der Waals surface area (Å²) in [7, 11) is 0. The van der Waals surface area contributed by atoms with Gasteiger partial charge in [0.05, 0.1) is 11.4 Å². The molecule has 0 aliphatic carbocycles. The minimum absolute atomic E-state index is 0.327. The van der Waals surface area contributed by atoms with Crippen LogP contribution in [0.1, 0.15) is 6.42 Å². The number of nitrogens with zero attached hydrogens (tertiary/aromatic N) is 2. The van der Waals surface area contributed by atoms with Crippen LogP contribution in [-0.2, 0) is 0 Å². The summed E-state index contributed by atoms with van der Waals surface area (Å²) in [6.07, 6.45) is 0.989. The lowest BCUT2D eigenvalue weighted by molar-refractivity contribution is 0.473. The van der Waals surface area contributed by atoms with Gasteiger partial charge in [0, 0.05) is 26.2 Å². The SMILES string of the molecule is Oc1ccccc1N1CCCN(c2ccccc2O)CC1. The molecule has 2 aromatic rings. The molecular formula is C17H20N2O2. The first-order valence-electron chi connectivity index (χ1n) is 7.31. The summed E-state index contributed by atoms with van der Waals surface area (Å²) < 4.78 is 0. The minimum atomic E-state index is 0.327. The molecule has 1 saturated heterocycles. The number of anilines is 2. The minimum Gasteiger partial charge on any atom is -0.506 e. The van der Waals surface area contributed by atoms with Crippen LogP contribution < -0.4 is 9.80 Å². The topological polar surface area (TPSA) is 46.9 Å². The van der Waals surface area contributed by atoms with Crippen molar-refractivity contribution in [2.24, 2.45) is 0 Å². The van der Waals surface area contributed by atoms with Crippen LogP contribution in [0.2, 0.25) is 0 Å². The molecule has 4 nitrogen and oxygen atoms in total. The largest absolute Gasteiger partial charge is 0.506 e. The smallest absolute Gasteiger partial charge is 0.138 e. The van der Waals surface area contributed by atoms with Crippen LogP contribution in [0, 0.1) is 0 Å². The van der Waals surface area contributed by atoms with Gasteiger partial charge in [0.2, 0.25) is 0 Å². The van der Waals surface area contributed by atoms with E-state index in [1.54, 1.807) is 12.1 Å². The van der Waals surface area contributed by atoms with Crippen molar-refractivity contribution in [1.82, 2.24) is 0 Å². The molecule has 0 aromatic heterocycles. The Morgan fingerprint density at radius 1 is 0.619 bits per heavy atom. The number of rotatable bonds is 2. The molecule has 1 heterocycles. The highest BCUT2D eigenvalue weighted by Gasteiger charge is 2.18. The number of phenols is 2. The number of hydrogen-bond acceptors (Lipinski definition) is 4. The third-order valence-electron chi connectivity index (χ3n) is 3.94. The summed E-state index contributed by atoms with van der Waals surface area (Å²) in [6.45, 7) is 3.46. The van der Waals surface area contributed by atoms with Crippen LogP contribution in [0.4, 0.5) is 11.4 Å². The van der Waals surface area contributed by atoms with Crippen LogP contribution in [0.15, 0.2) is 48.5 Å². The first-order chi connectivity index (χ1) is 10.3. The fourth-order valence-corrected chi connectivity index (χ4v) is 2.86. The van der Waals surface area contributed by atoms with E-state index in [1.807, 2.05) is 36.4 Å². The number of para-hydroxylation sites is 4. The van der Waals surface area contributed by atoms with Crippen molar-refractivity contribution >= 4 is 11.4 Å². The highest BCUT2D eigenvalue weighted by molar-refractivity contribution is 5.60. The highest BCUT2D eigenvalue weighted by Crippen LogP contribution is 2.30. The summed E-state index contributed by atoms with van der Waals surface area (Å²) in [5, 5.41) is 20.0. The van der Waals surface area contributed by atoms with Crippen molar-refractivity contribution < 1.29 is 10.2 Å². The van der Waals surface area contributed by atoms with Crippen molar-refractivity contribution in [2.45, 2.75) is 6.42 Å². The first-order valence-corrected chi connectivity index (χ1v) is 7.31. The first kappa shape index (κ1) is 13.6. The van der Waals surface area contributed by atoms with E-state index >= 15 is 0 Å². The lowest BCUT2D eigenvalue weighted by Gasteiger charge is -2.25. The van der Waals surface area contributed by atoms with E-state index in [2.05, 4.69) is 9.80 Å². The molecule has 1 aliphatic heterocycles. The molecule has 3 rings (SSSR count). The van der Waals surface area contributed by atoms with Crippen LogP contribution in [0.3, 0.4) is 0 Å². The second-order valence-corrected chi connectivity index (χ2v) is 5.31. The molecule has 0 spiro atoms. The van der Waals surface area contributed by atoms with Gasteiger partial charge in [-0.05, 0) is 30.7 Å². The monoisotopic (exact) mass is 284 g/mol. The average molecular weight is 284 g/mol. The third-order valence-corrected chi connectivity index (χ3v) is 3.94. The van der Waals surface area contributed by atoms with Crippen LogP contribution in [-0.4, -0.2) is 36.4 Å². The normalized spacial score (nSPS) is 15.8. The Hall–Kier alpha value is -2.36. The lowest BCUT2D eigenvalue weighted by Crippen LogP contribution is -2.30. The molecule has 0 saturated carbocycles. The maximum atomic E-state index is 9.99. The van der Waals surface area contributed by atoms with E-state index in [-0.39, 0.29) is 0 Å². The van der Waals surface area contributed by atoms with Gasteiger partial charge in [-0.1, -0.05) is 24.3 Å². The Morgan fingerprint density at radius 2 is 1.05 bits per heavy atom. The molecule has 0 radical (unpaired) electrons. The molecule has 0 unspecified atom stereocenters. The summed E-state index contributed by atoms with van der Waals surface area (Å²) >= 11 is 0. The number of benzene rings is 2. The molecule has 4 heteroatoms. The number of hydrogen-bond donors (Lipinski definition) is 2. The Morgan fingerprint density at radius 3 is 1.48 bits per heavy atom. The van der Waals surface area contributed by atoms with Gasteiger partial charge in [-0.15, -0.1) is 0 Å². The van der Waals surface area contributed by atoms with Gasteiger partial charge in [-0.3, -0.25) is 0 Å². The summed E-state index contributed by atoms with van der Waals surface area (Å²) in [6, 6.07) is 14.9. The van der Waals surface area contributed by atoms with Crippen molar-refractivity contribution in [3.8, 4) is 11.5 Å². The van der Waals surface area contributed by atoms with Crippen LogP contribution >= 0.6 is 0 Å². The van der Waals surface area contributed by atoms with Crippen molar-refractivity contribution in [1.29, 1.82) is 0 Å². The molecule has 0 atom stereocenters. The van der Waals surface area contributed by atoms with E-state index in [0.717, 1.165) is 44.0 Å². The fourth-order valence-electron chi connectivity index (χ4n) is 2.86. The van der Waals surface area contributed by atoms with E-state index in [9.17, 15) is 10.2 Å². The summed E-state index contributed by atoms with van der Waals surface area (Å²) in [5.41, 5.74) is 1.77. The zero-order valence-electron chi connectivity index (χ0n) is 11.9. The van der Waals surface area contributed by atoms with Crippen LogP contribution in [0.25, 0.3) is 0 Å². The quantitative estimate of drug-likeness (QED) is 0.890. The number of aromatic hydroxyl groups is 2. The number of phenolic OH excluding ortho intramolecular Hbond substituents is 2. The Balaban J connectivity index is 1.76.